The van der Waals surface area contributed by atoms with E-state index in [4.69, 9.17) is 9.47 Å². The molecule has 1 fully saturated rings. The lowest BCUT2D eigenvalue weighted by Gasteiger charge is -2.08. The Morgan fingerprint density at radius 3 is 2.33 bits per heavy atom. The zero-order valence-corrected chi connectivity index (χ0v) is 14.8. The van der Waals surface area contributed by atoms with Gasteiger partial charge in [0.15, 0.2) is 11.6 Å². The highest BCUT2D eigenvalue weighted by atomic mass is 19.1. The fraction of sp³-hybridized carbons (Fsp3) is 0.429. The van der Waals surface area contributed by atoms with Crippen molar-refractivity contribution >= 4 is 0 Å². The first kappa shape index (κ1) is 18.5. The van der Waals surface area contributed by atoms with Crippen molar-refractivity contribution in [2.24, 2.45) is 5.92 Å². The molecule has 1 unspecified atom stereocenters. The third kappa shape index (κ3) is 5.97. The Morgan fingerprint density at radius 1 is 1.12 bits per heavy atom. The van der Waals surface area contributed by atoms with Crippen LogP contribution in [-0.2, 0) is 17.8 Å². The number of epoxide rings is 1. The Kier molecular flexibility index (Phi) is 7.26. The summed E-state index contributed by atoms with van der Waals surface area (Å²) in [5.74, 6) is 0.811. The van der Waals surface area contributed by atoms with Crippen LogP contribution in [0.3, 0.4) is 0 Å². The molecule has 0 radical (unpaired) electrons. The summed E-state index contributed by atoms with van der Waals surface area (Å²) in [5, 5.41) is 0. The number of hydrogen-bond acceptors (Lipinski definition) is 2. The molecule has 0 aromatic heterocycles. The molecular weight excluding hydrogens is 303 g/mol. The zero-order valence-electron chi connectivity index (χ0n) is 14.8. The van der Waals surface area contributed by atoms with Crippen LogP contribution < -0.4 is 4.74 Å². The van der Waals surface area contributed by atoms with Crippen LogP contribution in [0.25, 0.3) is 0 Å². The van der Waals surface area contributed by atoms with Gasteiger partial charge < -0.3 is 9.47 Å². The molecule has 2 nitrogen and oxygen atoms in total. The molecule has 3 heteroatoms. The van der Waals surface area contributed by atoms with E-state index < -0.39 is 0 Å². The Bertz CT molecular complexity index is 608. The summed E-state index contributed by atoms with van der Waals surface area (Å²) in [7, 11) is 0. The molecule has 1 aliphatic rings. The topological polar surface area (TPSA) is 21.8 Å². The quantitative estimate of drug-likeness (QED) is 0.662. The number of halogens is 1. The largest absolute Gasteiger partial charge is 0.486 e. The van der Waals surface area contributed by atoms with Crippen LogP contribution in [-0.4, -0.2) is 12.7 Å². The highest BCUT2D eigenvalue weighted by molar-refractivity contribution is 5.29. The number of hydrogen-bond donors (Lipinski definition) is 0. The summed E-state index contributed by atoms with van der Waals surface area (Å²) < 4.78 is 24.1. The van der Waals surface area contributed by atoms with E-state index in [1.165, 1.54) is 12.5 Å². The van der Waals surface area contributed by atoms with Gasteiger partial charge in [-0.2, -0.15) is 0 Å². The third-order valence-electron chi connectivity index (χ3n) is 4.28. The van der Waals surface area contributed by atoms with Crippen molar-refractivity contribution in [3.63, 3.8) is 0 Å². The van der Waals surface area contributed by atoms with Crippen molar-refractivity contribution in [3.05, 3.63) is 65.5 Å². The minimum absolute atomic E-state index is 0.291. The van der Waals surface area contributed by atoms with Gasteiger partial charge in [-0.25, -0.2) is 4.39 Å². The van der Waals surface area contributed by atoms with Gasteiger partial charge in [0.25, 0.3) is 0 Å². The SMILES string of the molecule is CCC(C)[C@H]1CO1.CCc1ccc(OCc2ccccc2)c(F)c1. The van der Waals surface area contributed by atoms with Crippen LogP contribution in [0.2, 0.25) is 0 Å². The van der Waals surface area contributed by atoms with E-state index in [1.807, 2.05) is 43.3 Å². The van der Waals surface area contributed by atoms with Gasteiger partial charge in [0.2, 0.25) is 0 Å². The van der Waals surface area contributed by atoms with E-state index in [9.17, 15) is 4.39 Å². The molecule has 0 N–H and O–H groups in total. The van der Waals surface area contributed by atoms with E-state index in [1.54, 1.807) is 6.07 Å². The van der Waals surface area contributed by atoms with Gasteiger partial charge in [-0.3, -0.25) is 0 Å². The average Bonchev–Trinajstić information content (AvgIpc) is 3.46. The van der Waals surface area contributed by atoms with Crippen molar-refractivity contribution in [1.29, 1.82) is 0 Å². The zero-order chi connectivity index (χ0) is 17.4. The Hall–Kier alpha value is -1.87. The number of benzene rings is 2. The van der Waals surface area contributed by atoms with Crippen LogP contribution >= 0.6 is 0 Å². The lowest BCUT2D eigenvalue weighted by Crippen LogP contribution is -1.99. The molecule has 0 aliphatic carbocycles. The molecule has 2 aromatic rings. The average molecular weight is 330 g/mol. The number of rotatable bonds is 6. The molecule has 3 rings (SSSR count). The molecule has 0 spiro atoms. The van der Waals surface area contributed by atoms with Gasteiger partial charge in [0, 0.05) is 0 Å². The second-order valence-corrected chi connectivity index (χ2v) is 6.15. The number of ether oxygens (including phenoxy) is 2. The van der Waals surface area contributed by atoms with E-state index >= 15 is 0 Å². The molecule has 2 aromatic carbocycles. The first-order valence-electron chi connectivity index (χ1n) is 8.70. The summed E-state index contributed by atoms with van der Waals surface area (Å²) in [6, 6.07) is 14.8. The maximum absolute atomic E-state index is 13.6. The molecular formula is C21H27FO2. The summed E-state index contributed by atoms with van der Waals surface area (Å²) in [6.07, 6.45) is 2.70. The predicted octanol–water partition coefficient (Wildman–Crippen LogP) is 5.40. The highest BCUT2D eigenvalue weighted by Gasteiger charge is 2.27. The molecule has 24 heavy (non-hydrogen) atoms. The van der Waals surface area contributed by atoms with Crippen molar-refractivity contribution in [1.82, 2.24) is 0 Å². The molecule has 2 atom stereocenters. The highest BCUT2D eigenvalue weighted by Crippen LogP contribution is 2.21. The van der Waals surface area contributed by atoms with Gasteiger partial charge >= 0.3 is 0 Å². The van der Waals surface area contributed by atoms with Crippen LogP contribution in [0.4, 0.5) is 4.39 Å². The lowest BCUT2D eigenvalue weighted by molar-refractivity contribution is 0.290. The fourth-order valence-corrected chi connectivity index (χ4v) is 2.26. The van der Waals surface area contributed by atoms with Crippen LogP contribution in [0.5, 0.6) is 5.75 Å². The van der Waals surface area contributed by atoms with Gasteiger partial charge in [-0.15, -0.1) is 0 Å². The van der Waals surface area contributed by atoms with Crippen molar-refractivity contribution < 1.29 is 13.9 Å². The first-order valence-corrected chi connectivity index (χ1v) is 8.70. The van der Waals surface area contributed by atoms with E-state index in [2.05, 4.69) is 13.8 Å². The minimum Gasteiger partial charge on any atom is -0.486 e. The molecule has 1 heterocycles. The van der Waals surface area contributed by atoms with Gasteiger partial charge in [-0.1, -0.05) is 63.6 Å². The van der Waals surface area contributed by atoms with Crippen molar-refractivity contribution in [2.45, 2.75) is 46.3 Å². The number of aryl methyl sites for hydroxylation is 1. The second-order valence-electron chi connectivity index (χ2n) is 6.15. The van der Waals surface area contributed by atoms with E-state index in [-0.39, 0.29) is 5.82 Å². The first-order chi connectivity index (χ1) is 11.6. The molecule has 1 saturated heterocycles. The van der Waals surface area contributed by atoms with Crippen LogP contribution in [0, 0.1) is 11.7 Å². The predicted molar refractivity (Wildman–Crippen MR) is 95.7 cm³/mol. The molecule has 1 aliphatic heterocycles. The Labute approximate surface area is 144 Å². The maximum atomic E-state index is 13.6. The van der Waals surface area contributed by atoms with E-state index in [0.29, 0.717) is 18.5 Å². The minimum atomic E-state index is -0.291. The second kappa shape index (κ2) is 9.43. The summed E-state index contributed by atoms with van der Waals surface area (Å²) >= 11 is 0. The van der Waals surface area contributed by atoms with Crippen molar-refractivity contribution in [3.8, 4) is 5.75 Å². The molecule has 130 valence electrons. The standard InChI is InChI=1S/C15H15FO.C6H12O/c1-2-12-8-9-15(14(16)10-12)17-11-13-6-4-3-5-7-13;1-3-5(2)6-4-7-6/h3-10H,2,11H2,1H3;5-6H,3-4H2,1-2H3/t;5?,6-/m.1/s1. The summed E-state index contributed by atoms with van der Waals surface area (Å²) in [6.45, 7) is 7.83. The molecule has 0 amide bonds. The maximum Gasteiger partial charge on any atom is 0.165 e. The third-order valence-corrected chi connectivity index (χ3v) is 4.28. The molecule has 0 bridgehead atoms. The molecule has 0 saturated carbocycles. The van der Waals surface area contributed by atoms with Crippen LogP contribution in [0.15, 0.2) is 48.5 Å². The summed E-state index contributed by atoms with van der Waals surface area (Å²) in [5.41, 5.74) is 2.01. The van der Waals surface area contributed by atoms with E-state index in [0.717, 1.165) is 30.1 Å². The normalized spacial score (nSPS) is 16.8. The van der Waals surface area contributed by atoms with Crippen LogP contribution in [0.1, 0.15) is 38.3 Å². The Balaban J connectivity index is 0.000000249. The lowest BCUT2D eigenvalue weighted by atomic mass is 10.1. The van der Waals surface area contributed by atoms with Gasteiger partial charge in [0.05, 0.1) is 12.7 Å². The smallest absolute Gasteiger partial charge is 0.165 e. The van der Waals surface area contributed by atoms with Gasteiger partial charge in [-0.05, 0) is 35.6 Å². The van der Waals surface area contributed by atoms with Crippen molar-refractivity contribution in [2.75, 3.05) is 6.61 Å². The summed E-state index contributed by atoms with van der Waals surface area (Å²) in [4.78, 5) is 0. The van der Waals surface area contributed by atoms with Gasteiger partial charge in [0.1, 0.15) is 6.61 Å². The Morgan fingerprint density at radius 2 is 1.83 bits per heavy atom. The monoisotopic (exact) mass is 330 g/mol. The fourth-order valence-electron chi connectivity index (χ4n) is 2.26.